The first-order valence-electron chi connectivity index (χ1n) is 8.15. The van der Waals surface area contributed by atoms with Crippen molar-refractivity contribution >= 4 is 41.3 Å². The van der Waals surface area contributed by atoms with Crippen LogP contribution in [0.2, 0.25) is 0 Å². The molecule has 0 unspecified atom stereocenters. The Morgan fingerprint density at radius 1 is 1.30 bits per heavy atom. The van der Waals surface area contributed by atoms with Gasteiger partial charge in [-0.25, -0.2) is 9.98 Å². The highest BCUT2D eigenvalue weighted by Crippen LogP contribution is 2.17. The Balaban J connectivity index is 0.00000364. The van der Waals surface area contributed by atoms with Crippen LogP contribution in [0.25, 0.3) is 0 Å². The Labute approximate surface area is 177 Å². The lowest BCUT2D eigenvalue weighted by Crippen LogP contribution is -2.38. The molecule has 150 valence electrons. The molecule has 5 nitrogen and oxygen atoms in total. The first kappa shape index (κ1) is 23.5. The third-order valence-corrected chi connectivity index (χ3v) is 4.13. The average molecular weight is 514 g/mol. The van der Waals surface area contributed by atoms with E-state index in [1.54, 1.807) is 17.4 Å². The van der Waals surface area contributed by atoms with Gasteiger partial charge in [0.1, 0.15) is 0 Å². The molecule has 2 rings (SSSR count). The molecule has 0 saturated heterocycles. The van der Waals surface area contributed by atoms with Crippen molar-refractivity contribution in [3.63, 3.8) is 0 Å². The van der Waals surface area contributed by atoms with Gasteiger partial charge in [-0.2, -0.15) is 13.2 Å². The number of rotatable bonds is 8. The van der Waals surface area contributed by atoms with Crippen LogP contribution >= 0.6 is 35.3 Å². The van der Waals surface area contributed by atoms with Gasteiger partial charge in [-0.1, -0.05) is 6.07 Å². The second-order valence-electron chi connectivity index (χ2n) is 5.36. The second kappa shape index (κ2) is 12.0. The van der Waals surface area contributed by atoms with Crippen molar-refractivity contribution in [3.8, 4) is 5.88 Å². The van der Waals surface area contributed by atoms with Crippen molar-refractivity contribution in [1.82, 2.24) is 15.6 Å². The lowest BCUT2D eigenvalue weighted by molar-refractivity contribution is -0.154. The number of nitrogens with zero attached hydrogens (tertiary/aromatic N) is 2. The third-order valence-electron chi connectivity index (χ3n) is 3.19. The van der Waals surface area contributed by atoms with E-state index < -0.39 is 12.8 Å². The molecule has 0 spiro atoms. The van der Waals surface area contributed by atoms with Crippen LogP contribution < -0.4 is 15.4 Å². The summed E-state index contributed by atoms with van der Waals surface area (Å²) in [7, 11) is 0. The Bertz CT molecular complexity index is 696. The molecule has 2 N–H and O–H groups in total. The fourth-order valence-corrected chi connectivity index (χ4v) is 2.76. The van der Waals surface area contributed by atoms with E-state index in [1.165, 1.54) is 17.1 Å². The monoisotopic (exact) mass is 514 g/mol. The zero-order valence-electron chi connectivity index (χ0n) is 14.8. The zero-order chi connectivity index (χ0) is 18.8. The predicted molar refractivity (Wildman–Crippen MR) is 112 cm³/mol. The molecule has 27 heavy (non-hydrogen) atoms. The molecule has 0 atom stereocenters. The SMILES string of the molecule is CCNC(=NCc1ccnc(OCC(F)(F)F)c1)NCCc1cccs1.I. The first-order valence-corrected chi connectivity index (χ1v) is 9.03. The molecule has 2 aromatic heterocycles. The molecule has 0 aliphatic rings. The number of aromatic nitrogens is 1. The van der Waals surface area contributed by atoms with Gasteiger partial charge < -0.3 is 15.4 Å². The van der Waals surface area contributed by atoms with E-state index >= 15 is 0 Å². The maximum absolute atomic E-state index is 12.2. The second-order valence-corrected chi connectivity index (χ2v) is 6.39. The number of hydrogen-bond acceptors (Lipinski definition) is 4. The van der Waals surface area contributed by atoms with Crippen LogP contribution in [0.3, 0.4) is 0 Å². The van der Waals surface area contributed by atoms with Crippen LogP contribution in [0.5, 0.6) is 5.88 Å². The summed E-state index contributed by atoms with van der Waals surface area (Å²) in [5.41, 5.74) is 0.715. The number of nitrogens with one attached hydrogen (secondary N) is 2. The number of thiophene rings is 1. The molecule has 2 heterocycles. The summed E-state index contributed by atoms with van der Waals surface area (Å²) in [5, 5.41) is 8.42. The lowest BCUT2D eigenvalue weighted by atomic mass is 10.3. The number of halogens is 4. The minimum atomic E-state index is -4.39. The van der Waals surface area contributed by atoms with Crippen molar-refractivity contribution in [2.45, 2.75) is 26.1 Å². The molecule has 0 bridgehead atoms. The van der Waals surface area contributed by atoms with E-state index in [0.717, 1.165) is 13.0 Å². The highest BCUT2D eigenvalue weighted by atomic mass is 127. The molecule has 0 aliphatic carbocycles. The summed E-state index contributed by atoms with van der Waals surface area (Å²) >= 11 is 1.70. The molecule has 10 heteroatoms. The van der Waals surface area contributed by atoms with Crippen molar-refractivity contribution in [1.29, 1.82) is 0 Å². The molecule has 0 fully saturated rings. The van der Waals surface area contributed by atoms with Crippen LogP contribution in [0, 0.1) is 0 Å². The van der Waals surface area contributed by atoms with Crippen LogP contribution in [-0.2, 0) is 13.0 Å². The molecule has 0 radical (unpaired) electrons. The van der Waals surface area contributed by atoms with Crippen LogP contribution in [-0.4, -0.2) is 36.8 Å². The highest BCUT2D eigenvalue weighted by Gasteiger charge is 2.28. The standard InChI is InChI=1S/C17H21F3N4OS.HI/c1-2-21-16(23-8-6-14-4-3-9-26-14)24-11-13-5-7-22-15(10-13)25-12-17(18,19)20;/h3-5,7,9-10H,2,6,8,11-12H2,1H3,(H2,21,23,24);1H. The minimum Gasteiger partial charge on any atom is -0.468 e. The van der Waals surface area contributed by atoms with Gasteiger partial charge >= 0.3 is 6.18 Å². The van der Waals surface area contributed by atoms with Crippen molar-refractivity contribution < 1.29 is 17.9 Å². The van der Waals surface area contributed by atoms with E-state index in [1.807, 2.05) is 18.4 Å². The summed E-state index contributed by atoms with van der Waals surface area (Å²) in [6.45, 7) is 2.36. The fourth-order valence-electron chi connectivity index (χ4n) is 2.05. The lowest BCUT2D eigenvalue weighted by Gasteiger charge is -2.11. The highest BCUT2D eigenvalue weighted by molar-refractivity contribution is 14.0. The summed E-state index contributed by atoms with van der Waals surface area (Å²) < 4.78 is 41.3. The molecule has 0 saturated carbocycles. The Hall–Kier alpha value is -1.56. The van der Waals surface area contributed by atoms with Gasteiger partial charge in [-0.3, -0.25) is 0 Å². The van der Waals surface area contributed by atoms with Gasteiger partial charge in [0.15, 0.2) is 12.6 Å². The number of alkyl halides is 3. The predicted octanol–water partition coefficient (Wildman–Crippen LogP) is 4.00. The number of guanidine groups is 1. The molecule has 0 amide bonds. The number of pyridine rings is 1. The Kier molecular flexibility index (Phi) is 10.4. The molecular weight excluding hydrogens is 492 g/mol. The van der Waals surface area contributed by atoms with E-state index in [0.29, 0.717) is 24.6 Å². The Morgan fingerprint density at radius 2 is 2.11 bits per heavy atom. The third kappa shape index (κ3) is 9.80. The maximum atomic E-state index is 12.2. The molecule has 0 aromatic carbocycles. The van der Waals surface area contributed by atoms with E-state index in [2.05, 4.69) is 31.4 Å². The minimum absolute atomic E-state index is 0. The topological polar surface area (TPSA) is 58.5 Å². The van der Waals surface area contributed by atoms with Crippen molar-refractivity contribution in [3.05, 3.63) is 46.3 Å². The molecular formula is C17H22F3IN4OS. The van der Waals surface area contributed by atoms with Crippen LogP contribution in [0.15, 0.2) is 40.8 Å². The molecule has 0 aliphatic heterocycles. The smallest absolute Gasteiger partial charge is 0.422 e. The quantitative estimate of drug-likeness (QED) is 0.318. The Morgan fingerprint density at radius 3 is 2.78 bits per heavy atom. The van der Waals surface area contributed by atoms with E-state index in [4.69, 9.17) is 0 Å². The normalized spacial score (nSPS) is 11.6. The summed E-state index contributed by atoms with van der Waals surface area (Å²) in [6, 6.07) is 7.25. The summed E-state index contributed by atoms with van der Waals surface area (Å²) in [6.07, 6.45) is -2.08. The maximum Gasteiger partial charge on any atom is 0.422 e. The average Bonchev–Trinajstić information content (AvgIpc) is 3.11. The van der Waals surface area contributed by atoms with Crippen molar-refractivity contribution in [2.75, 3.05) is 19.7 Å². The zero-order valence-corrected chi connectivity index (χ0v) is 17.9. The van der Waals surface area contributed by atoms with Gasteiger partial charge in [-0.05, 0) is 36.4 Å². The van der Waals surface area contributed by atoms with Crippen molar-refractivity contribution in [2.24, 2.45) is 4.99 Å². The fraction of sp³-hybridized carbons (Fsp3) is 0.412. The van der Waals surface area contributed by atoms with Gasteiger partial charge in [0.2, 0.25) is 5.88 Å². The summed E-state index contributed by atoms with van der Waals surface area (Å²) in [5.74, 6) is 0.587. The van der Waals surface area contributed by atoms with Crippen LogP contribution in [0.1, 0.15) is 17.4 Å². The largest absolute Gasteiger partial charge is 0.468 e. The van der Waals surface area contributed by atoms with Gasteiger partial charge in [0.25, 0.3) is 0 Å². The molecule has 2 aromatic rings. The summed E-state index contributed by atoms with van der Waals surface area (Å²) in [4.78, 5) is 9.51. The van der Waals surface area contributed by atoms with Gasteiger partial charge in [0.05, 0.1) is 6.54 Å². The van der Waals surface area contributed by atoms with E-state index in [-0.39, 0.29) is 29.9 Å². The number of aliphatic imine (C=N–C) groups is 1. The van der Waals surface area contributed by atoms with Gasteiger partial charge in [0, 0.05) is 30.2 Å². The number of hydrogen-bond donors (Lipinski definition) is 2. The van der Waals surface area contributed by atoms with Gasteiger partial charge in [-0.15, -0.1) is 35.3 Å². The van der Waals surface area contributed by atoms with Crippen LogP contribution in [0.4, 0.5) is 13.2 Å². The van der Waals surface area contributed by atoms with E-state index in [9.17, 15) is 13.2 Å². The number of ether oxygens (including phenoxy) is 1. The first-order chi connectivity index (χ1) is 12.5.